The predicted molar refractivity (Wildman–Crippen MR) is 307 cm³/mol. The molecule has 0 aromatic rings. The Morgan fingerprint density at radius 2 is 0.792 bits per heavy atom. The van der Waals surface area contributed by atoms with Crippen LogP contribution in [-0.4, -0.2) is 74.9 Å². The smallest absolute Gasteiger partial charge is 0.462 e. The molecule has 0 spiro atoms. The molecule has 0 rings (SSSR count). The van der Waals surface area contributed by atoms with Crippen LogP contribution in [0.15, 0.2) is 72.9 Å². The van der Waals surface area contributed by atoms with Gasteiger partial charge in [-0.15, -0.1) is 0 Å². The number of likely N-dealkylation sites (N-methyl/N-ethyl adjacent to an activating group) is 1. The summed E-state index contributed by atoms with van der Waals surface area (Å²) in [5, 5.41) is 0. The van der Waals surface area contributed by atoms with Crippen LogP contribution in [-0.2, 0) is 32.7 Å². The van der Waals surface area contributed by atoms with Gasteiger partial charge in [0.15, 0.2) is 6.10 Å². The van der Waals surface area contributed by atoms with E-state index in [1.807, 2.05) is 21.1 Å². The number of carbonyl (C=O) groups is 2. The molecule has 9 nitrogen and oxygen atoms in total. The highest BCUT2D eigenvalue weighted by atomic mass is 31.2. The van der Waals surface area contributed by atoms with E-state index < -0.39 is 26.5 Å². The van der Waals surface area contributed by atoms with Crippen LogP contribution in [0.5, 0.6) is 0 Å². The summed E-state index contributed by atoms with van der Waals surface area (Å²) in [6, 6.07) is 0. The second-order valence-electron chi connectivity index (χ2n) is 21.0. The SMILES string of the molecule is CC/C=C\C/C=C\C/C=C\CCCCCCCC(=O)OCC(COP(=O)(O)OCC[N+](C)(C)C)OC(=O)CCCCCCCCCCCCCCCCCCCC/C=C\C/C=C\C/C=C\CCCCCCC. The minimum Gasteiger partial charge on any atom is -0.462 e. The van der Waals surface area contributed by atoms with Crippen molar-refractivity contribution in [3.8, 4) is 0 Å². The van der Waals surface area contributed by atoms with Gasteiger partial charge in [0, 0.05) is 12.8 Å². The van der Waals surface area contributed by atoms with E-state index in [-0.39, 0.29) is 32.0 Å². The first-order valence-corrected chi connectivity index (χ1v) is 31.2. The van der Waals surface area contributed by atoms with E-state index >= 15 is 0 Å². The van der Waals surface area contributed by atoms with Crippen molar-refractivity contribution in [2.24, 2.45) is 0 Å². The molecule has 418 valence electrons. The summed E-state index contributed by atoms with van der Waals surface area (Å²) in [5.41, 5.74) is 0. The zero-order chi connectivity index (χ0) is 52.7. The van der Waals surface area contributed by atoms with Crippen molar-refractivity contribution in [1.29, 1.82) is 0 Å². The van der Waals surface area contributed by atoms with E-state index in [0.717, 1.165) is 83.5 Å². The Hall–Kier alpha value is -2.55. The van der Waals surface area contributed by atoms with Crippen LogP contribution in [0.25, 0.3) is 0 Å². The Morgan fingerprint density at radius 3 is 1.18 bits per heavy atom. The molecule has 1 N–H and O–H groups in total. The molecule has 0 aromatic heterocycles. The fourth-order valence-electron chi connectivity index (χ4n) is 8.16. The van der Waals surface area contributed by atoms with Gasteiger partial charge in [0.25, 0.3) is 0 Å². The van der Waals surface area contributed by atoms with Gasteiger partial charge in [0.05, 0.1) is 27.7 Å². The largest absolute Gasteiger partial charge is 0.472 e. The number of unbranched alkanes of at least 4 members (excludes halogenated alkanes) is 28. The lowest BCUT2D eigenvalue weighted by atomic mass is 10.0. The number of allylic oxidation sites excluding steroid dienone is 12. The fourth-order valence-corrected chi connectivity index (χ4v) is 8.90. The van der Waals surface area contributed by atoms with Gasteiger partial charge in [-0.2, -0.15) is 0 Å². The standard InChI is InChI=1S/C62H112NO8P/c1-6-8-10-12-14-16-18-20-22-23-24-25-26-27-28-29-30-31-32-33-34-35-36-37-38-39-41-43-45-47-49-51-53-55-62(65)71-60(59-70-72(66,67)69-57-56-63(3,4)5)58-68-61(64)54-52-50-48-46-44-42-40-21-19-17-15-13-11-9-7-2/h9,11,15,17-18,20-21,23-24,26-27,40,60H,6-8,10,12-14,16,19,22,25,28-39,41-59H2,1-5H3/p+1/b11-9-,17-15-,20-18-,24-23-,27-26-,40-21-. The third-order valence-electron chi connectivity index (χ3n) is 12.7. The van der Waals surface area contributed by atoms with Crippen molar-refractivity contribution < 1.29 is 42.1 Å². The monoisotopic (exact) mass is 1030 g/mol. The van der Waals surface area contributed by atoms with Crippen LogP contribution in [0.4, 0.5) is 0 Å². The molecule has 0 saturated carbocycles. The maximum absolute atomic E-state index is 12.8. The topological polar surface area (TPSA) is 108 Å². The highest BCUT2D eigenvalue weighted by Crippen LogP contribution is 2.43. The normalized spacial score (nSPS) is 13.8. The molecule has 0 aliphatic heterocycles. The molecule has 0 aliphatic carbocycles. The lowest BCUT2D eigenvalue weighted by Gasteiger charge is -2.24. The Bertz CT molecular complexity index is 1450. The predicted octanol–water partition coefficient (Wildman–Crippen LogP) is 18.5. The lowest BCUT2D eigenvalue weighted by Crippen LogP contribution is -2.37. The highest BCUT2D eigenvalue weighted by Gasteiger charge is 2.27. The summed E-state index contributed by atoms with van der Waals surface area (Å²) in [5.74, 6) is -0.813. The first-order valence-electron chi connectivity index (χ1n) is 29.7. The third kappa shape index (κ3) is 56.7. The van der Waals surface area contributed by atoms with Gasteiger partial charge in [-0.3, -0.25) is 18.6 Å². The average molecular weight is 1030 g/mol. The molecule has 0 bridgehead atoms. The molecule has 2 unspecified atom stereocenters. The van der Waals surface area contributed by atoms with Crippen LogP contribution in [0.3, 0.4) is 0 Å². The molecule has 0 radical (unpaired) electrons. The molecule has 0 heterocycles. The number of phosphoric ester groups is 1. The second kappa shape index (κ2) is 53.3. The molecule has 0 aliphatic rings. The first kappa shape index (κ1) is 69.5. The molecule has 72 heavy (non-hydrogen) atoms. The zero-order valence-corrected chi connectivity index (χ0v) is 48.3. The van der Waals surface area contributed by atoms with Gasteiger partial charge in [0.2, 0.25) is 0 Å². The summed E-state index contributed by atoms with van der Waals surface area (Å²) in [7, 11) is 1.47. The third-order valence-corrected chi connectivity index (χ3v) is 13.7. The fraction of sp³-hybridized carbons (Fsp3) is 0.774. The summed E-state index contributed by atoms with van der Waals surface area (Å²) in [6.45, 7) is 4.30. The van der Waals surface area contributed by atoms with Crippen LogP contribution in [0, 0.1) is 0 Å². The van der Waals surface area contributed by atoms with Gasteiger partial charge < -0.3 is 18.9 Å². The Labute approximate surface area is 444 Å². The van der Waals surface area contributed by atoms with Crippen molar-refractivity contribution in [2.45, 2.75) is 264 Å². The van der Waals surface area contributed by atoms with Crippen LogP contribution < -0.4 is 0 Å². The molecule has 2 atom stereocenters. The van der Waals surface area contributed by atoms with Gasteiger partial charge in [-0.05, 0) is 83.5 Å². The van der Waals surface area contributed by atoms with E-state index in [1.165, 1.54) is 141 Å². The number of carbonyl (C=O) groups excluding carboxylic acids is 2. The summed E-state index contributed by atoms with van der Waals surface area (Å²) >= 11 is 0. The van der Waals surface area contributed by atoms with Crippen molar-refractivity contribution >= 4 is 19.8 Å². The lowest BCUT2D eigenvalue weighted by molar-refractivity contribution is -0.870. The van der Waals surface area contributed by atoms with Crippen LogP contribution >= 0.6 is 7.82 Å². The highest BCUT2D eigenvalue weighted by molar-refractivity contribution is 7.47. The van der Waals surface area contributed by atoms with E-state index in [1.54, 1.807) is 0 Å². The van der Waals surface area contributed by atoms with Gasteiger partial charge in [0.1, 0.15) is 19.8 Å². The number of ether oxygens (including phenoxy) is 2. The van der Waals surface area contributed by atoms with Crippen molar-refractivity contribution in [3.63, 3.8) is 0 Å². The molecule has 0 fully saturated rings. The van der Waals surface area contributed by atoms with Gasteiger partial charge in [-0.25, -0.2) is 4.57 Å². The number of phosphoric acid groups is 1. The summed E-state index contributed by atoms with van der Waals surface area (Å²) in [6.07, 6.45) is 69.9. The summed E-state index contributed by atoms with van der Waals surface area (Å²) in [4.78, 5) is 35.6. The minimum absolute atomic E-state index is 0.0270. The second-order valence-corrected chi connectivity index (χ2v) is 22.5. The van der Waals surface area contributed by atoms with Crippen molar-refractivity contribution in [2.75, 3.05) is 47.5 Å². The number of nitrogens with zero attached hydrogens (tertiary/aromatic N) is 1. The Kier molecular flexibility index (Phi) is 51.4. The zero-order valence-electron chi connectivity index (χ0n) is 47.4. The van der Waals surface area contributed by atoms with Crippen molar-refractivity contribution in [1.82, 2.24) is 0 Å². The number of quaternary nitrogens is 1. The van der Waals surface area contributed by atoms with Crippen LogP contribution in [0.2, 0.25) is 0 Å². The molecule has 0 amide bonds. The Balaban J connectivity index is 4.05. The summed E-state index contributed by atoms with van der Waals surface area (Å²) < 4.78 is 34.5. The Morgan fingerprint density at radius 1 is 0.444 bits per heavy atom. The molecular formula is C62H113NO8P+. The van der Waals surface area contributed by atoms with Gasteiger partial charge >= 0.3 is 19.8 Å². The van der Waals surface area contributed by atoms with E-state index in [2.05, 4.69) is 86.8 Å². The molecule has 0 aromatic carbocycles. The van der Waals surface area contributed by atoms with E-state index in [9.17, 15) is 19.0 Å². The quantitative estimate of drug-likeness (QED) is 0.0211. The maximum Gasteiger partial charge on any atom is 0.472 e. The number of esters is 2. The maximum atomic E-state index is 12.8. The van der Waals surface area contributed by atoms with E-state index in [4.69, 9.17) is 18.5 Å². The van der Waals surface area contributed by atoms with Crippen molar-refractivity contribution in [3.05, 3.63) is 72.9 Å². The number of hydrogen-bond donors (Lipinski definition) is 1. The minimum atomic E-state index is -4.39. The van der Waals surface area contributed by atoms with Crippen LogP contribution in [0.1, 0.15) is 258 Å². The number of rotatable bonds is 54. The molecule has 0 saturated heterocycles. The molecular weight excluding hydrogens is 918 g/mol. The van der Waals surface area contributed by atoms with E-state index in [0.29, 0.717) is 17.4 Å². The number of hydrogen-bond acceptors (Lipinski definition) is 7. The first-order chi connectivity index (χ1) is 35.0. The van der Waals surface area contributed by atoms with Gasteiger partial charge in [-0.1, -0.05) is 234 Å². The molecule has 10 heteroatoms. The average Bonchev–Trinajstić information content (AvgIpc) is 3.34.